The van der Waals surface area contributed by atoms with Gasteiger partial charge in [0.1, 0.15) is 5.75 Å². The van der Waals surface area contributed by atoms with Crippen LogP contribution in [-0.4, -0.2) is 55.2 Å². The highest BCUT2D eigenvalue weighted by molar-refractivity contribution is 5.96. The molecule has 1 amide bonds. The van der Waals surface area contributed by atoms with Gasteiger partial charge in [-0.05, 0) is 35.9 Å². The van der Waals surface area contributed by atoms with Crippen LogP contribution in [0.2, 0.25) is 0 Å². The van der Waals surface area contributed by atoms with Crippen LogP contribution in [0.5, 0.6) is 5.75 Å². The predicted molar refractivity (Wildman–Crippen MR) is 113 cm³/mol. The molecule has 0 atom stereocenters. The lowest BCUT2D eigenvalue weighted by atomic mass is 9.92. The molecule has 8 nitrogen and oxygen atoms in total. The number of halogens is 4. The minimum Gasteiger partial charge on any atom is -0.406 e. The molecule has 4 aromatic rings. The van der Waals surface area contributed by atoms with Crippen LogP contribution in [0, 0.1) is 0 Å². The van der Waals surface area contributed by atoms with Crippen molar-refractivity contribution in [2.45, 2.75) is 12.3 Å². The molecule has 1 aromatic carbocycles. The number of aromatic nitrogens is 5. The summed E-state index contributed by atoms with van der Waals surface area (Å²) in [7, 11) is 0. The molecule has 0 radical (unpaired) electrons. The van der Waals surface area contributed by atoms with Gasteiger partial charge in [-0.3, -0.25) is 9.89 Å². The molecular weight excluding hydrogens is 456 g/mol. The Labute approximate surface area is 189 Å². The van der Waals surface area contributed by atoms with Crippen molar-refractivity contribution >= 4 is 16.9 Å². The summed E-state index contributed by atoms with van der Waals surface area (Å²) in [6, 6.07) is 7.05. The van der Waals surface area contributed by atoms with E-state index in [-0.39, 0.29) is 24.8 Å². The number of carbonyl (C=O) groups excluding carboxylic acids is 1. The fraction of sp³-hybridized carbons (Fsp3) is 0.182. The van der Waals surface area contributed by atoms with Gasteiger partial charge in [0.15, 0.2) is 11.5 Å². The van der Waals surface area contributed by atoms with Crippen LogP contribution in [0.1, 0.15) is 11.6 Å². The smallest absolute Gasteiger partial charge is 0.406 e. The van der Waals surface area contributed by atoms with Gasteiger partial charge in [-0.25, -0.2) is 14.1 Å². The summed E-state index contributed by atoms with van der Waals surface area (Å²) in [5, 5.41) is 12.2. The lowest BCUT2D eigenvalue weighted by Gasteiger charge is -2.38. The Morgan fingerprint density at radius 1 is 1.18 bits per heavy atom. The first-order valence-electron chi connectivity index (χ1n) is 10.1. The molecule has 1 N–H and O–H groups in total. The highest BCUT2D eigenvalue weighted by Gasteiger charge is 2.37. The first-order valence-corrected chi connectivity index (χ1v) is 10.1. The van der Waals surface area contributed by atoms with Crippen molar-refractivity contribution in [1.29, 1.82) is 0 Å². The summed E-state index contributed by atoms with van der Waals surface area (Å²) >= 11 is 0. The minimum atomic E-state index is -4.80. The van der Waals surface area contributed by atoms with Gasteiger partial charge in [0.2, 0.25) is 0 Å². The molecule has 174 valence electrons. The highest BCUT2D eigenvalue weighted by Crippen LogP contribution is 2.38. The number of ether oxygens (including phenoxy) is 1. The van der Waals surface area contributed by atoms with Crippen LogP contribution in [0.15, 0.2) is 61.3 Å². The molecule has 0 spiro atoms. The molecule has 5 rings (SSSR count). The molecule has 4 heterocycles. The van der Waals surface area contributed by atoms with E-state index in [2.05, 4.69) is 26.5 Å². The number of pyridine rings is 1. The van der Waals surface area contributed by atoms with Gasteiger partial charge in [-0.2, -0.15) is 10.2 Å². The summed E-state index contributed by atoms with van der Waals surface area (Å²) in [5.74, 6) is -2.36. The Bertz CT molecular complexity index is 1370. The summed E-state index contributed by atoms with van der Waals surface area (Å²) < 4.78 is 56.3. The van der Waals surface area contributed by atoms with Crippen molar-refractivity contribution < 1.29 is 27.1 Å². The third kappa shape index (κ3) is 3.87. The van der Waals surface area contributed by atoms with Gasteiger partial charge in [0, 0.05) is 37.0 Å². The molecule has 1 aliphatic rings. The monoisotopic (exact) mass is 472 g/mol. The normalized spacial score (nSPS) is 14.3. The first-order chi connectivity index (χ1) is 16.2. The number of carbonyl (C=O) groups is 1. The van der Waals surface area contributed by atoms with Gasteiger partial charge < -0.3 is 9.64 Å². The number of amides is 1. The second-order valence-corrected chi connectivity index (χ2v) is 7.69. The van der Waals surface area contributed by atoms with Crippen molar-refractivity contribution in [2.24, 2.45) is 0 Å². The summed E-state index contributed by atoms with van der Waals surface area (Å²) in [4.78, 5) is 17.7. The van der Waals surface area contributed by atoms with Crippen LogP contribution in [0.25, 0.3) is 27.8 Å². The zero-order chi connectivity index (χ0) is 24.0. The molecule has 1 saturated heterocycles. The number of nitrogens with one attached hydrogen (secondary N) is 1. The molecule has 0 aliphatic carbocycles. The minimum absolute atomic E-state index is 0.199. The number of hydrogen-bond donors (Lipinski definition) is 1. The van der Waals surface area contributed by atoms with Crippen LogP contribution in [0.3, 0.4) is 0 Å². The van der Waals surface area contributed by atoms with E-state index in [1.165, 1.54) is 33.8 Å². The van der Waals surface area contributed by atoms with E-state index in [4.69, 9.17) is 5.10 Å². The Hall–Kier alpha value is -4.22. The van der Waals surface area contributed by atoms with E-state index in [1.54, 1.807) is 24.7 Å². The Morgan fingerprint density at radius 3 is 2.53 bits per heavy atom. The van der Waals surface area contributed by atoms with E-state index in [0.717, 1.165) is 11.1 Å². The van der Waals surface area contributed by atoms with Gasteiger partial charge in [-0.1, -0.05) is 6.58 Å². The van der Waals surface area contributed by atoms with Gasteiger partial charge >= 0.3 is 6.36 Å². The second-order valence-electron chi connectivity index (χ2n) is 7.69. The Morgan fingerprint density at radius 2 is 1.91 bits per heavy atom. The lowest BCUT2D eigenvalue weighted by Crippen LogP contribution is -2.48. The number of hydrogen-bond acceptors (Lipinski definition) is 5. The van der Waals surface area contributed by atoms with Crippen molar-refractivity contribution in [3.63, 3.8) is 0 Å². The van der Waals surface area contributed by atoms with E-state index in [1.807, 2.05) is 0 Å². The van der Waals surface area contributed by atoms with E-state index in [9.17, 15) is 22.4 Å². The molecule has 1 aliphatic heterocycles. The third-order valence-corrected chi connectivity index (χ3v) is 5.51. The summed E-state index contributed by atoms with van der Waals surface area (Å²) in [5.41, 5.74) is 3.14. The average molecular weight is 472 g/mol. The van der Waals surface area contributed by atoms with Crippen LogP contribution in [-0.2, 0) is 4.79 Å². The fourth-order valence-corrected chi connectivity index (χ4v) is 3.95. The Kier molecular flexibility index (Phi) is 5.07. The lowest BCUT2D eigenvalue weighted by molar-refractivity contribution is -0.274. The number of rotatable bonds is 5. The fourth-order valence-electron chi connectivity index (χ4n) is 3.95. The quantitative estimate of drug-likeness (QED) is 0.349. The largest absolute Gasteiger partial charge is 0.573 e. The highest BCUT2D eigenvalue weighted by atomic mass is 19.4. The molecule has 0 bridgehead atoms. The molecular formula is C22H16F4N6O2. The van der Waals surface area contributed by atoms with Crippen molar-refractivity contribution in [3.05, 3.63) is 67.0 Å². The summed E-state index contributed by atoms with van der Waals surface area (Å²) in [6.07, 6.45) is 0.149. The maximum atomic E-state index is 13.3. The van der Waals surface area contributed by atoms with Gasteiger partial charge in [0.25, 0.3) is 5.91 Å². The van der Waals surface area contributed by atoms with Crippen LogP contribution in [0.4, 0.5) is 17.6 Å². The topological polar surface area (TPSA) is 88.9 Å². The van der Waals surface area contributed by atoms with Gasteiger partial charge in [0.05, 0.1) is 23.0 Å². The third-order valence-electron chi connectivity index (χ3n) is 5.51. The molecule has 1 fully saturated rings. The van der Waals surface area contributed by atoms with Crippen LogP contribution >= 0.6 is 0 Å². The predicted octanol–water partition coefficient (Wildman–Crippen LogP) is 4.12. The van der Waals surface area contributed by atoms with Crippen molar-refractivity contribution in [1.82, 2.24) is 29.9 Å². The maximum absolute atomic E-state index is 13.3. The second kappa shape index (κ2) is 7.97. The molecule has 0 saturated carbocycles. The van der Waals surface area contributed by atoms with E-state index in [0.29, 0.717) is 22.4 Å². The van der Waals surface area contributed by atoms with Crippen molar-refractivity contribution in [2.75, 3.05) is 13.1 Å². The SMILES string of the molecule is C=C(F)C(=O)N1CC(c2nn(-c3ccc(OC(F)(F)F)cc3)c3nccc(-c4cn[nH]c4)c23)C1. The first kappa shape index (κ1) is 21.6. The van der Waals surface area contributed by atoms with E-state index >= 15 is 0 Å². The molecule has 34 heavy (non-hydrogen) atoms. The zero-order valence-corrected chi connectivity index (χ0v) is 17.4. The molecule has 12 heteroatoms. The summed E-state index contributed by atoms with van der Waals surface area (Å²) in [6.45, 7) is 3.53. The number of fused-ring (bicyclic) bond motifs is 1. The zero-order valence-electron chi connectivity index (χ0n) is 17.4. The van der Waals surface area contributed by atoms with E-state index < -0.39 is 18.1 Å². The number of H-pyrrole nitrogens is 1. The number of aromatic amines is 1. The van der Waals surface area contributed by atoms with Crippen molar-refractivity contribution in [3.8, 4) is 22.6 Å². The standard InChI is InChI=1S/C22H16F4N6O2/c1-12(23)21(33)31-10-14(11-31)19-18-17(13-8-28-29-9-13)6-7-27-20(18)32(30-19)15-2-4-16(5-3-15)34-22(24,25)26/h2-9,14H,1,10-11H2,(H,28,29). The van der Waals surface area contributed by atoms with Gasteiger partial charge in [-0.15, -0.1) is 13.2 Å². The molecule has 0 unspecified atom stereocenters. The van der Waals surface area contributed by atoms with Crippen LogP contribution < -0.4 is 4.74 Å². The number of nitrogens with zero attached hydrogens (tertiary/aromatic N) is 5. The number of benzene rings is 1. The maximum Gasteiger partial charge on any atom is 0.573 e. The molecule has 3 aromatic heterocycles. The average Bonchev–Trinajstić information content (AvgIpc) is 3.41. The number of likely N-dealkylation sites (tertiary alicyclic amines) is 1. The number of alkyl halides is 3. The Balaban J connectivity index is 1.58.